The number of fused-ring (bicyclic) bond motifs is 1. The summed E-state index contributed by atoms with van der Waals surface area (Å²) >= 11 is 0. The zero-order valence-electron chi connectivity index (χ0n) is 12.1. The van der Waals surface area contributed by atoms with Crippen molar-refractivity contribution >= 4 is 0 Å². The lowest BCUT2D eigenvalue weighted by Crippen LogP contribution is -2.19. The predicted octanol–water partition coefficient (Wildman–Crippen LogP) is 3.01. The van der Waals surface area contributed by atoms with Gasteiger partial charge in [0.2, 0.25) is 5.89 Å². The van der Waals surface area contributed by atoms with Gasteiger partial charge in [-0.3, -0.25) is 0 Å². The highest BCUT2D eigenvalue weighted by Crippen LogP contribution is 2.32. The number of aromatic nitrogens is 2. The van der Waals surface area contributed by atoms with E-state index in [0.717, 1.165) is 31.6 Å². The molecule has 2 aromatic rings. The maximum atomic E-state index is 5.41. The van der Waals surface area contributed by atoms with Gasteiger partial charge in [0.15, 0.2) is 5.82 Å². The summed E-state index contributed by atoms with van der Waals surface area (Å²) in [5.74, 6) is 1.91. The van der Waals surface area contributed by atoms with Crippen LogP contribution < -0.4 is 5.32 Å². The van der Waals surface area contributed by atoms with Gasteiger partial charge in [0.25, 0.3) is 0 Å². The van der Waals surface area contributed by atoms with Gasteiger partial charge in [-0.15, -0.1) is 0 Å². The number of benzene rings is 1. The Morgan fingerprint density at radius 2 is 2.00 bits per heavy atom. The van der Waals surface area contributed by atoms with Gasteiger partial charge in [0.1, 0.15) is 0 Å². The smallest absolute Gasteiger partial charge is 0.243 e. The molecule has 0 saturated carbocycles. The molecule has 106 valence electrons. The zero-order chi connectivity index (χ0) is 13.9. The summed E-state index contributed by atoms with van der Waals surface area (Å²) in [5, 5.41) is 7.56. The second-order valence-electron chi connectivity index (χ2n) is 5.54. The fraction of sp³-hybridized carbons (Fsp3) is 0.500. The average molecular weight is 271 g/mol. The lowest BCUT2D eigenvalue weighted by Gasteiger charge is -2.07. The lowest BCUT2D eigenvalue weighted by atomic mass is 10.1. The molecule has 1 unspecified atom stereocenters. The first-order chi connectivity index (χ1) is 9.78. The molecule has 3 rings (SSSR count). The third-order valence-electron chi connectivity index (χ3n) is 3.94. The van der Waals surface area contributed by atoms with Crippen molar-refractivity contribution in [1.82, 2.24) is 15.5 Å². The third-order valence-corrected chi connectivity index (χ3v) is 3.94. The quantitative estimate of drug-likeness (QED) is 0.908. The van der Waals surface area contributed by atoms with Crippen LogP contribution in [0.2, 0.25) is 0 Å². The summed E-state index contributed by atoms with van der Waals surface area (Å²) in [6, 6.07) is 8.71. The minimum atomic E-state index is 0.125. The minimum absolute atomic E-state index is 0.125. The summed E-state index contributed by atoms with van der Waals surface area (Å²) in [6.45, 7) is 5.18. The van der Waals surface area contributed by atoms with E-state index in [-0.39, 0.29) is 6.04 Å². The number of nitrogens with zero attached hydrogens (tertiary/aromatic N) is 2. The first-order valence-corrected chi connectivity index (χ1v) is 7.41. The Hall–Kier alpha value is -1.68. The molecule has 0 radical (unpaired) electrons. The highest BCUT2D eigenvalue weighted by Gasteiger charge is 2.27. The number of hydrogen-bond donors (Lipinski definition) is 1. The summed E-state index contributed by atoms with van der Waals surface area (Å²) in [4.78, 5) is 4.59. The molecule has 1 aliphatic carbocycles. The van der Waals surface area contributed by atoms with E-state index in [2.05, 4.69) is 53.6 Å². The molecule has 0 spiro atoms. The molecule has 4 nitrogen and oxygen atoms in total. The van der Waals surface area contributed by atoms with Crippen molar-refractivity contribution < 1.29 is 4.52 Å². The molecule has 1 N–H and O–H groups in total. The van der Waals surface area contributed by atoms with Gasteiger partial charge in [-0.1, -0.05) is 36.3 Å². The molecule has 1 heterocycles. The van der Waals surface area contributed by atoms with Crippen LogP contribution in [0, 0.1) is 0 Å². The molecule has 1 atom stereocenters. The van der Waals surface area contributed by atoms with Gasteiger partial charge < -0.3 is 9.84 Å². The number of nitrogens with one attached hydrogen (secondary N) is 1. The zero-order valence-corrected chi connectivity index (χ0v) is 12.1. The van der Waals surface area contributed by atoms with Crippen molar-refractivity contribution in [1.29, 1.82) is 0 Å². The second-order valence-corrected chi connectivity index (χ2v) is 5.54. The Bertz CT molecular complexity index is 554. The highest BCUT2D eigenvalue weighted by molar-refractivity contribution is 5.34. The van der Waals surface area contributed by atoms with Crippen LogP contribution in [0.5, 0.6) is 0 Å². The topological polar surface area (TPSA) is 51.0 Å². The van der Waals surface area contributed by atoms with Gasteiger partial charge in [-0.2, -0.15) is 4.98 Å². The molecule has 0 aliphatic heterocycles. The van der Waals surface area contributed by atoms with Crippen LogP contribution >= 0.6 is 0 Å². The van der Waals surface area contributed by atoms with Crippen LogP contribution in [0.4, 0.5) is 0 Å². The number of hydrogen-bond acceptors (Lipinski definition) is 4. The Kier molecular flexibility index (Phi) is 3.83. The van der Waals surface area contributed by atoms with Crippen molar-refractivity contribution in [3.63, 3.8) is 0 Å². The molecule has 1 aromatic carbocycles. The van der Waals surface area contributed by atoms with Gasteiger partial charge in [0, 0.05) is 5.92 Å². The summed E-state index contributed by atoms with van der Waals surface area (Å²) in [5.41, 5.74) is 2.84. The van der Waals surface area contributed by atoms with E-state index in [9.17, 15) is 0 Å². The number of rotatable bonds is 5. The van der Waals surface area contributed by atoms with Gasteiger partial charge in [0.05, 0.1) is 6.04 Å². The van der Waals surface area contributed by atoms with E-state index in [1.807, 2.05) is 0 Å². The van der Waals surface area contributed by atoms with Crippen molar-refractivity contribution in [2.75, 3.05) is 6.54 Å². The Morgan fingerprint density at radius 3 is 2.65 bits per heavy atom. The van der Waals surface area contributed by atoms with Crippen molar-refractivity contribution in [2.45, 2.75) is 45.1 Å². The maximum absolute atomic E-state index is 5.41. The highest BCUT2D eigenvalue weighted by atomic mass is 16.5. The van der Waals surface area contributed by atoms with Crippen molar-refractivity contribution in [2.24, 2.45) is 0 Å². The Labute approximate surface area is 119 Å². The van der Waals surface area contributed by atoms with Crippen LogP contribution in [-0.2, 0) is 12.8 Å². The van der Waals surface area contributed by atoms with E-state index < -0.39 is 0 Å². The molecular formula is C16H21N3O. The van der Waals surface area contributed by atoms with Gasteiger partial charge >= 0.3 is 0 Å². The van der Waals surface area contributed by atoms with Gasteiger partial charge in [-0.05, 0) is 43.9 Å². The van der Waals surface area contributed by atoms with Crippen molar-refractivity contribution in [3.05, 3.63) is 47.1 Å². The molecule has 4 heteroatoms. The van der Waals surface area contributed by atoms with Crippen molar-refractivity contribution in [3.8, 4) is 0 Å². The largest absolute Gasteiger partial charge is 0.338 e. The minimum Gasteiger partial charge on any atom is -0.338 e. The van der Waals surface area contributed by atoms with Gasteiger partial charge in [-0.25, -0.2) is 0 Å². The SMILES string of the molecule is CCCNC(C)c1nc(C2Cc3ccccc3C2)no1. The van der Waals surface area contributed by atoms with Crippen LogP contribution in [0.25, 0.3) is 0 Å². The molecule has 0 bridgehead atoms. The lowest BCUT2D eigenvalue weighted by molar-refractivity contribution is 0.335. The molecule has 0 saturated heterocycles. The molecule has 1 aromatic heterocycles. The monoisotopic (exact) mass is 271 g/mol. The van der Waals surface area contributed by atoms with Crippen LogP contribution in [0.3, 0.4) is 0 Å². The van der Waals surface area contributed by atoms with E-state index in [1.165, 1.54) is 11.1 Å². The standard InChI is InChI=1S/C16H21N3O/c1-3-8-17-11(2)16-18-15(19-20-16)14-9-12-6-4-5-7-13(12)10-14/h4-7,11,14,17H,3,8-10H2,1-2H3. The normalized spacial score (nSPS) is 16.3. The Morgan fingerprint density at radius 1 is 1.30 bits per heavy atom. The first kappa shape index (κ1) is 13.3. The fourth-order valence-electron chi connectivity index (χ4n) is 2.78. The summed E-state index contributed by atoms with van der Waals surface area (Å²) < 4.78 is 5.41. The van der Waals surface area contributed by atoms with E-state index in [0.29, 0.717) is 11.8 Å². The third kappa shape index (κ3) is 2.61. The first-order valence-electron chi connectivity index (χ1n) is 7.41. The summed E-state index contributed by atoms with van der Waals surface area (Å²) in [6.07, 6.45) is 3.14. The van der Waals surface area contributed by atoms with E-state index >= 15 is 0 Å². The van der Waals surface area contributed by atoms with E-state index in [1.54, 1.807) is 0 Å². The van der Waals surface area contributed by atoms with E-state index in [4.69, 9.17) is 4.52 Å². The Balaban J connectivity index is 1.69. The average Bonchev–Trinajstić information content (AvgIpc) is 3.10. The maximum Gasteiger partial charge on any atom is 0.243 e. The predicted molar refractivity (Wildman–Crippen MR) is 77.6 cm³/mol. The molecule has 1 aliphatic rings. The molecule has 20 heavy (non-hydrogen) atoms. The summed E-state index contributed by atoms with van der Waals surface area (Å²) in [7, 11) is 0. The molecule has 0 amide bonds. The fourth-order valence-corrected chi connectivity index (χ4v) is 2.78. The second kappa shape index (κ2) is 5.75. The van der Waals surface area contributed by atoms with Crippen LogP contribution in [-0.4, -0.2) is 16.7 Å². The van der Waals surface area contributed by atoms with Crippen LogP contribution in [0.15, 0.2) is 28.8 Å². The molecule has 0 fully saturated rings. The van der Waals surface area contributed by atoms with Crippen LogP contribution in [0.1, 0.15) is 55.1 Å². The molecular weight excluding hydrogens is 250 g/mol.